The van der Waals surface area contributed by atoms with E-state index in [1.807, 2.05) is 0 Å². The number of rotatable bonds is 6. The van der Waals surface area contributed by atoms with Gasteiger partial charge in [0.25, 0.3) is 0 Å². The second kappa shape index (κ2) is 9.70. The second-order valence-corrected chi connectivity index (χ2v) is 5.28. The molecule has 0 aliphatic heterocycles. The van der Waals surface area contributed by atoms with E-state index in [1.165, 1.54) is 0 Å². The van der Waals surface area contributed by atoms with Gasteiger partial charge in [-0.05, 0) is 85.3 Å². The van der Waals surface area contributed by atoms with Crippen molar-refractivity contribution in [1.82, 2.24) is 0 Å². The number of ketones is 1. The molecule has 0 amide bonds. The van der Waals surface area contributed by atoms with Crippen LogP contribution in [0.1, 0.15) is 15.9 Å². The van der Waals surface area contributed by atoms with Crippen LogP contribution < -0.4 is 0 Å². The molecule has 0 radical (unpaired) electrons. The van der Waals surface area contributed by atoms with E-state index in [4.69, 9.17) is 0 Å². The minimum absolute atomic E-state index is 0.262. The van der Waals surface area contributed by atoms with Crippen LogP contribution in [0.3, 0.4) is 0 Å². The van der Waals surface area contributed by atoms with Gasteiger partial charge in [-0.2, -0.15) is 20.0 Å². The molecular formula is C17H6N4OS4. The minimum atomic E-state index is -0.262. The molecule has 0 unspecified atom stereocenters. The topological polar surface area (TPSA) is 66.5 Å². The third-order valence-corrected chi connectivity index (χ3v) is 3.50. The predicted molar refractivity (Wildman–Crippen MR) is 115 cm³/mol. The number of carbonyl (C=O) groups excluding carboxylic acids is 1. The van der Waals surface area contributed by atoms with Crippen LogP contribution in [0.15, 0.2) is 56.4 Å². The molecule has 124 valence electrons. The maximum atomic E-state index is 12.8. The molecule has 0 saturated carbocycles. The summed E-state index contributed by atoms with van der Waals surface area (Å²) in [6.07, 6.45) is 0. The summed E-state index contributed by atoms with van der Waals surface area (Å²) in [4.78, 5) is 28.4. The predicted octanol–water partition coefficient (Wildman–Crippen LogP) is 5.85. The fraction of sp³-hybridized carbons (Fsp3) is 0. The highest BCUT2D eigenvalue weighted by atomic mass is 32.1. The number of hydrogen-bond acceptors (Lipinski definition) is 9. The lowest BCUT2D eigenvalue weighted by atomic mass is 10.0. The first-order valence-corrected chi connectivity index (χ1v) is 8.42. The molecule has 0 fully saturated rings. The summed E-state index contributed by atoms with van der Waals surface area (Å²) in [5.74, 6) is -0.262. The highest BCUT2D eigenvalue weighted by molar-refractivity contribution is 7.78. The summed E-state index contributed by atoms with van der Waals surface area (Å²) in [5.41, 5.74) is 2.35. The standard InChI is InChI=1S/C17H6N4OS4/c22-17(11-1-3-13(18-7-23)15(5-11)20-9-25)12-2-4-14(19-8-24)16(6-12)21-10-26/h1-6H. The van der Waals surface area contributed by atoms with Crippen molar-refractivity contribution in [3.8, 4) is 0 Å². The molecule has 2 aromatic carbocycles. The van der Waals surface area contributed by atoms with Crippen LogP contribution in [0.5, 0.6) is 0 Å². The van der Waals surface area contributed by atoms with Gasteiger partial charge in [0.05, 0.1) is 20.6 Å². The van der Waals surface area contributed by atoms with Crippen molar-refractivity contribution in [2.75, 3.05) is 0 Å². The summed E-state index contributed by atoms with van der Waals surface area (Å²) in [7, 11) is 0. The zero-order valence-corrected chi connectivity index (χ0v) is 16.1. The zero-order valence-electron chi connectivity index (χ0n) is 12.8. The Hall–Kier alpha value is -2.69. The van der Waals surface area contributed by atoms with Gasteiger partial charge in [0, 0.05) is 11.1 Å². The normalized spacial score (nSPS) is 8.92. The Bertz CT molecular complexity index is 1000. The van der Waals surface area contributed by atoms with Gasteiger partial charge in [0.1, 0.15) is 22.7 Å². The molecular weight excluding hydrogens is 404 g/mol. The van der Waals surface area contributed by atoms with Crippen molar-refractivity contribution < 1.29 is 4.79 Å². The summed E-state index contributed by atoms with van der Waals surface area (Å²) in [6.45, 7) is 0. The van der Waals surface area contributed by atoms with Gasteiger partial charge in [-0.1, -0.05) is 0 Å². The largest absolute Gasteiger partial charge is 0.289 e. The smallest absolute Gasteiger partial charge is 0.193 e. The number of hydrogen-bond donors (Lipinski definition) is 0. The van der Waals surface area contributed by atoms with E-state index >= 15 is 0 Å². The molecule has 0 spiro atoms. The van der Waals surface area contributed by atoms with E-state index in [0.29, 0.717) is 33.9 Å². The lowest BCUT2D eigenvalue weighted by molar-refractivity contribution is 0.103. The van der Waals surface area contributed by atoms with Crippen molar-refractivity contribution in [3.63, 3.8) is 0 Å². The molecule has 0 saturated heterocycles. The molecule has 5 nitrogen and oxygen atoms in total. The lowest BCUT2D eigenvalue weighted by Crippen LogP contribution is -2.00. The Labute approximate surface area is 169 Å². The van der Waals surface area contributed by atoms with Gasteiger partial charge < -0.3 is 0 Å². The van der Waals surface area contributed by atoms with Crippen LogP contribution >= 0.6 is 48.9 Å². The third-order valence-electron chi connectivity index (χ3n) is 3.14. The van der Waals surface area contributed by atoms with Crippen molar-refractivity contribution >= 4 is 98.0 Å². The second-order valence-electron chi connectivity index (χ2n) is 4.55. The number of benzene rings is 2. The molecule has 0 aliphatic carbocycles. The molecule has 9 heteroatoms. The van der Waals surface area contributed by atoms with E-state index in [9.17, 15) is 4.79 Å². The number of carbonyl (C=O) groups is 1. The number of aliphatic imine (C=N–C) groups is 4. The first kappa shape index (κ1) is 19.6. The first-order chi connectivity index (χ1) is 12.6. The van der Waals surface area contributed by atoms with E-state index in [1.54, 1.807) is 36.4 Å². The molecule has 0 bridgehead atoms. The highest BCUT2D eigenvalue weighted by Crippen LogP contribution is 2.32. The van der Waals surface area contributed by atoms with Crippen molar-refractivity contribution in [1.29, 1.82) is 0 Å². The zero-order chi connectivity index (χ0) is 18.9. The van der Waals surface area contributed by atoms with E-state index in [2.05, 4.69) is 89.5 Å². The fourth-order valence-electron chi connectivity index (χ4n) is 2.06. The van der Waals surface area contributed by atoms with E-state index in [0.717, 1.165) is 0 Å². The average Bonchev–Trinajstić information content (AvgIpc) is 2.65. The van der Waals surface area contributed by atoms with Crippen LogP contribution in [0.25, 0.3) is 0 Å². The summed E-state index contributed by atoms with van der Waals surface area (Å²) in [6, 6.07) is 9.47. The van der Waals surface area contributed by atoms with Crippen LogP contribution in [0, 0.1) is 0 Å². The first-order valence-electron chi connectivity index (χ1n) is 6.79. The molecule has 0 atom stereocenters. The third kappa shape index (κ3) is 4.69. The fourth-order valence-corrected chi connectivity index (χ4v) is 2.45. The monoisotopic (exact) mass is 410 g/mol. The molecule has 0 heterocycles. The quantitative estimate of drug-likeness (QED) is 0.339. The molecule has 2 rings (SSSR count). The van der Waals surface area contributed by atoms with E-state index < -0.39 is 0 Å². The summed E-state index contributed by atoms with van der Waals surface area (Å²) < 4.78 is 0. The summed E-state index contributed by atoms with van der Waals surface area (Å²) in [5, 5.41) is 9.00. The van der Waals surface area contributed by atoms with Gasteiger partial charge in [0.15, 0.2) is 5.78 Å². The Morgan fingerprint density at radius 2 is 0.962 bits per heavy atom. The molecule has 0 N–H and O–H groups in total. The molecule has 26 heavy (non-hydrogen) atoms. The Morgan fingerprint density at radius 3 is 1.31 bits per heavy atom. The molecule has 0 aromatic heterocycles. The maximum absolute atomic E-state index is 12.8. The summed E-state index contributed by atoms with van der Waals surface area (Å²) >= 11 is 18.4. The van der Waals surface area contributed by atoms with Crippen LogP contribution in [-0.2, 0) is 0 Å². The number of isothiocyanates is 4. The van der Waals surface area contributed by atoms with Crippen LogP contribution in [0.4, 0.5) is 22.7 Å². The minimum Gasteiger partial charge on any atom is -0.289 e. The Kier molecular flexibility index (Phi) is 7.33. The molecule has 2 aromatic rings. The number of thiocarbonyl (C=S) groups is 4. The highest BCUT2D eigenvalue weighted by Gasteiger charge is 2.14. The SMILES string of the molecule is O=C(c1ccc(N=C=S)c(N=C=S)c1)c1ccc(N=C=S)c(N=C=S)c1. The Balaban J connectivity index is 2.55. The molecule has 0 aliphatic rings. The average molecular weight is 411 g/mol. The van der Waals surface area contributed by atoms with Crippen molar-refractivity contribution in [2.24, 2.45) is 20.0 Å². The van der Waals surface area contributed by atoms with Crippen LogP contribution in [-0.4, -0.2) is 26.4 Å². The van der Waals surface area contributed by atoms with E-state index in [-0.39, 0.29) is 5.78 Å². The van der Waals surface area contributed by atoms with Gasteiger partial charge in [0.2, 0.25) is 0 Å². The number of nitrogens with zero attached hydrogens (tertiary/aromatic N) is 4. The Morgan fingerprint density at radius 1 is 0.615 bits per heavy atom. The van der Waals surface area contributed by atoms with Gasteiger partial charge in [-0.15, -0.1) is 0 Å². The van der Waals surface area contributed by atoms with Gasteiger partial charge in [-0.3, -0.25) is 4.79 Å². The van der Waals surface area contributed by atoms with Crippen molar-refractivity contribution in [3.05, 3.63) is 47.5 Å². The maximum Gasteiger partial charge on any atom is 0.193 e. The van der Waals surface area contributed by atoms with Crippen LogP contribution in [0.2, 0.25) is 0 Å². The van der Waals surface area contributed by atoms with Crippen molar-refractivity contribution in [2.45, 2.75) is 0 Å². The lowest BCUT2D eigenvalue weighted by Gasteiger charge is -2.06. The van der Waals surface area contributed by atoms with Gasteiger partial charge in [-0.25, -0.2) is 0 Å². The van der Waals surface area contributed by atoms with Gasteiger partial charge >= 0.3 is 0 Å².